The fraction of sp³-hybridized carbons (Fsp3) is 0.733. The lowest BCUT2D eigenvalue weighted by Gasteiger charge is -2.15. The van der Waals surface area contributed by atoms with Crippen LogP contribution in [0.3, 0.4) is 0 Å². The van der Waals surface area contributed by atoms with Crippen molar-refractivity contribution < 1.29 is 0 Å². The summed E-state index contributed by atoms with van der Waals surface area (Å²) in [5.41, 5.74) is 1.60. The van der Waals surface area contributed by atoms with Crippen molar-refractivity contribution in [3.63, 3.8) is 0 Å². The van der Waals surface area contributed by atoms with Crippen molar-refractivity contribution in [3.8, 4) is 0 Å². The van der Waals surface area contributed by atoms with E-state index in [0.717, 1.165) is 35.5 Å². The summed E-state index contributed by atoms with van der Waals surface area (Å²) in [4.78, 5) is 9.23. The van der Waals surface area contributed by atoms with Crippen LogP contribution >= 0.6 is 0 Å². The molecular formula is C15H26N4. The Kier molecular flexibility index (Phi) is 3.70. The Hall–Kier alpha value is -1.32. The summed E-state index contributed by atoms with van der Waals surface area (Å²) in [5, 5.41) is 6.67. The monoisotopic (exact) mass is 262 g/mol. The molecule has 106 valence electrons. The fourth-order valence-corrected chi connectivity index (χ4v) is 2.35. The van der Waals surface area contributed by atoms with Crippen LogP contribution in [0.15, 0.2) is 0 Å². The second-order valence-electron chi connectivity index (χ2n) is 6.58. The van der Waals surface area contributed by atoms with Crippen molar-refractivity contribution in [1.29, 1.82) is 0 Å². The maximum atomic E-state index is 4.67. The Morgan fingerprint density at radius 3 is 2.32 bits per heavy atom. The predicted molar refractivity (Wildman–Crippen MR) is 80.8 cm³/mol. The van der Waals surface area contributed by atoms with E-state index in [4.69, 9.17) is 0 Å². The molecule has 0 spiro atoms. The molecule has 0 amide bonds. The molecule has 1 fully saturated rings. The highest BCUT2D eigenvalue weighted by molar-refractivity contribution is 5.57. The van der Waals surface area contributed by atoms with E-state index in [2.05, 4.69) is 55.2 Å². The van der Waals surface area contributed by atoms with Gasteiger partial charge in [0.05, 0.1) is 0 Å². The van der Waals surface area contributed by atoms with Crippen LogP contribution in [-0.2, 0) is 0 Å². The topological polar surface area (TPSA) is 49.8 Å². The minimum absolute atomic E-state index is 0.339. The average Bonchev–Trinajstić information content (AvgIpc) is 2.95. The van der Waals surface area contributed by atoms with E-state index < -0.39 is 0 Å². The number of hydrogen-bond donors (Lipinski definition) is 2. The van der Waals surface area contributed by atoms with Crippen molar-refractivity contribution >= 4 is 11.6 Å². The quantitative estimate of drug-likeness (QED) is 0.854. The molecule has 0 saturated heterocycles. The molecule has 0 aliphatic heterocycles. The molecule has 1 atom stereocenters. The standard InChI is InChI=1S/C15H26N4/c1-9(2)12-18-13(16-6)10(3)14(19-12)17-8-11-7-15(11,4)5/h9,11H,7-8H2,1-6H3,(H2,16,17,18,19). The average molecular weight is 262 g/mol. The first-order valence-electron chi connectivity index (χ1n) is 7.15. The first kappa shape index (κ1) is 14.1. The summed E-state index contributed by atoms with van der Waals surface area (Å²) in [6, 6.07) is 0. The lowest BCUT2D eigenvalue weighted by atomic mass is 10.1. The zero-order chi connectivity index (χ0) is 14.2. The molecule has 19 heavy (non-hydrogen) atoms. The minimum atomic E-state index is 0.339. The molecule has 1 unspecified atom stereocenters. The number of nitrogens with one attached hydrogen (secondary N) is 2. The highest BCUT2D eigenvalue weighted by Crippen LogP contribution is 2.51. The zero-order valence-electron chi connectivity index (χ0n) is 13.0. The van der Waals surface area contributed by atoms with Gasteiger partial charge in [-0.15, -0.1) is 0 Å². The smallest absolute Gasteiger partial charge is 0.135 e. The van der Waals surface area contributed by atoms with Gasteiger partial charge in [0.25, 0.3) is 0 Å². The molecule has 1 aliphatic rings. The van der Waals surface area contributed by atoms with Crippen LogP contribution in [0.25, 0.3) is 0 Å². The zero-order valence-corrected chi connectivity index (χ0v) is 13.0. The number of anilines is 2. The summed E-state index contributed by atoms with van der Waals surface area (Å²) in [6.45, 7) is 12.0. The summed E-state index contributed by atoms with van der Waals surface area (Å²) >= 11 is 0. The van der Waals surface area contributed by atoms with E-state index in [0.29, 0.717) is 11.3 Å². The van der Waals surface area contributed by atoms with Gasteiger partial charge in [0, 0.05) is 25.1 Å². The van der Waals surface area contributed by atoms with Gasteiger partial charge in [-0.05, 0) is 24.7 Å². The highest BCUT2D eigenvalue weighted by Gasteiger charge is 2.45. The SMILES string of the molecule is CNc1nc(C(C)C)nc(NCC2CC2(C)C)c1C. The summed E-state index contributed by atoms with van der Waals surface area (Å²) in [5.74, 6) is 3.91. The Morgan fingerprint density at radius 2 is 1.84 bits per heavy atom. The third-order valence-corrected chi connectivity index (χ3v) is 4.15. The van der Waals surface area contributed by atoms with Gasteiger partial charge in [-0.25, -0.2) is 9.97 Å². The predicted octanol–water partition coefficient (Wildman–Crippen LogP) is 3.41. The van der Waals surface area contributed by atoms with Gasteiger partial charge >= 0.3 is 0 Å². The maximum Gasteiger partial charge on any atom is 0.135 e. The normalized spacial score (nSPS) is 20.5. The lowest BCUT2D eigenvalue weighted by Crippen LogP contribution is -2.13. The minimum Gasteiger partial charge on any atom is -0.373 e. The number of aromatic nitrogens is 2. The van der Waals surface area contributed by atoms with Gasteiger partial charge in [0.1, 0.15) is 17.5 Å². The molecule has 2 rings (SSSR count). The number of nitrogens with zero attached hydrogens (tertiary/aromatic N) is 2. The van der Waals surface area contributed by atoms with Gasteiger partial charge in [-0.1, -0.05) is 27.7 Å². The highest BCUT2D eigenvalue weighted by atomic mass is 15.1. The molecule has 0 aromatic carbocycles. The van der Waals surface area contributed by atoms with E-state index in [1.807, 2.05) is 7.05 Å². The number of rotatable bonds is 5. The first-order valence-corrected chi connectivity index (χ1v) is 7.15. The van der Waals surface area contributed by atoms with Crippen LogP contribution in [0, 0.1) is 18.3 Å². The fourth-order valence-electron chi connectivity index (χ4n) is 2.35. The van der Waals surface area contributed by atoms with Gasteiger partial charge < -0.3 is 10.6 Å². The van der Waals surface area contributed by atoms with Gasteiger partial charge in [-0.3, -0.25) is 0 Å². The molecule has 0 radical (unpaired) electrons. The van der Waals surface area contributed by atoms with E-state index >= 15 is 0 Å². The number of hydrogen-bond acceptors (Lipinski definition) is 4. The molecular weight excluding hydrogens is 236 g/mol. The Balaban J connectivity index is 2.16. The Morgan fingerprint density at radius 1 is 1.26 bits per heavy atom. The molecule has 1 heterocycles. The largest absolute Gasteiger partial charge is 0.373 e. The van der Waals surface area contributed by atoms with Gasteiger partial charge in [-0.2, -0.15) is 0 Å². The van der Waals surface area contributed by atoms with Crippen LogP contribution in [0.5, 0.6) is 0 Å². The second-order valence-corrected chi connectivity index (χ2v) is 6.58. The van der Waals surface area contributed by atoms with E-state index in [-0.39, 0.29) is 0 Å². The van der Waals surface area contributed by atoms with Gasteiger partial charge in [0.15, 0.2) is 0 Å². The van der Waals surface area contributed by atoms with Crippen molar-refractivity contribution in [3.05, 3.63) is 11.4 Å². The molecule has 1 aliphatic carbocycles. The summed E-state index contributed by atoms with van der Waals surface area (Å²) in [7, 11) is 1.91. The van der Waals surface area contributed by atoms with Gasteiger partial charge in [0.2, 0.25) is 0 Å². The van der Waals surface area contributed by atoms with Crippen molar-refractivity contribution in [2.45, 2.75) is 47.0 Å². The summed E-state index contributed by atoms with van der Waals surface area (Å²) in [6.07, 6.45) is 1.31. The van der Waals surface area contributed by atoms with E-state index in [1.54, 1.807) is 0 Å². The maximum absolute atomic E-state index is 4.67. The second kappa shape index (κ2) is 4.99. The third kappa shape index (κ3) is 2.99. The van der Waals surface area contributed by atoms with Crippen molar-refractivity contribution in [2.24, 2.45) is 11.3 Å². The summed E-state index contributed by atoms with van der Waals surface area (Å²) < 4.78 is 0. The first-order chi connectivity index (χ1) is 8.85. The van der Waals surface area contributed by atoms with Crippen LogP contribution in [0.2, 0.25) is 0 Å². The van der Waals surface area contributed by atoms with Crippen LogP contribution < -0.4 is 10.6 Å². The van der Waals surface area contributed by atoms with Crippen LogP contribution in [-0.4, -0.2) is 23.6 Å². The molecule has 1 aromatic heterocycles. The molecule has 2 N–H and O–H groups in total. The molecule has 1 saturated carbocycles. The van der Waals surface area contributed by atoms with Crippen LogP contribution in [0.1, 0.15) is 51.4 Å². The van der Waals surface area contributed by atoms with Crippen molar-refractivity contribution in [2.75, 3.05) is 24.2 Å². The van der Waals surface area contributed by atoms with Crippen LogP contribution in [0.4, 0.5) is 11.6 Å². The molecule has 0 bridgehead atoms. The molecule has 4 heteroatoms. The molecule has 1 aromatic rings. The Labute approximate surface area is 116 Å². The Bertz CT molecular complexity index is 465. The lowest BCUT2D eigenvalue weighted by molar-refractivity contribution is 0.572. The van der Waals surface area contributed by atoms with E-state index in [1.165, 1.54) is 6.42 Å². The van der Waals surface area contributed by atoms with Crippen molar-refractivity contribution in [1.82, 2.24) is 9.97 Å². The third-order valence-electron chi connectivity index (χ3n) is 4.15. The van der Waals surface area contributed by atoms with E-state index in [9.17, 15) is 0 Å². The molecule has 4 nitrogen and oxygen atoms in total.